The second-order valence-corrected chi connectivity index (χ2v) is 11.1. The van der Waals surface area contributed by atoms with Gasteiger partial charge in [-0.05, 0) is 51.4 Å². The molecular formula is C30H45N9O3. The van der Waals surface area contributed by atoms with Gasteiger partial charge in [0, 0.05) is 51.4 Å². The van der Waals surface area contributed by atoms with Crippen molar-refractivity contribution >= 4 is 29.7 Å². The first kappa shape index (κ1) is 29.7. The van der Waals surface area contributed by atoms with E-state index in [9.17, 15) is 5.21 Å². The summed E-state index contributed by atoms with van der Waals surface area (Å²) in [5, 5.41) is 19.7. The number of aromatic nitrogens is 3. The van der Waals surface area contributed by atoms with E-state index in [2.05, 4.69) is 49.0 Å². The molecule has 42 heavy (non-hydrogen) atoms. The number of hydrogen-bond donors (Lipinski definition) is 5. The van der Waals surface area contributed by atoms with Crippen molar-refractivity contribution in [1.82, 2.24) is 25.2 Å². The lowest BCUT2D eigenvalue weighted by Crippen LogP contribution is -2.36. The van der Waals surface area contributed by atoms with Crippen LogP contribution < -0.4 is 31.1 Å². The number of aliphatic imine (C=N–C) groups is 1. The Morgan fingerprint density at radius 2 is 1.98 bits per heavy atom. The van der Waals surface area contributed by atoms with Gasteiger partial charge in [0.25, 0.3) is 0 Å². The summed E-state index contributed by atoms with van der Waals surface area (Å²) in [5.74, 6) is 3.79. The highest BCUT2D eigenvalue weighted by Gasteiger charge is 2.26. The molecule has 4 heterocycles. The fourth-order valence-electron chi connectivity index (χ4n) is 5.83. The van der Waals surface area contributed by atoms with Crippen LogP contribution in [-0.2, 0) is 18.3 Å². The zero-order valence-electron chi connectivity index (χ0n) is 24.9. The second-order valence-electron chi connectivity index (χ2n) is 11.1. The zero-order chi connectivity index (χ0) is 29.3. The highest BCUT2D eigenvalue weighted by molar-refractivity contribution is 5.73. The standard InChI is InChI=1S/C30H45N9O3/c1-4-24-25(34-20-31-18-22-19-33-30(37-40)38(22)2)17-27(39-15-6-5-7-16-39)36-29(24)42-23-12-10-21(11-13-23)35-28-26(41-3)9-8-14-32-28/h4,14,17,19,21,23,31,35,40H,1,5-13,15-16,18,20H2,2-3H3,(H,33,37)(H,34,36). The molecule has 5 N–H and O–H groups in total. The minimum atomic E-state index is 0.0849. The van der Waals surface area contributed by atoms with Gasteiger partial charge < -0.3 is 29.6 Å². The molecule has 0 radical (unpaired) electrons. The third-order valence-corrected chi connectivity index (χ3v) is 8.31. The number of anilines is 3. The number of ether oxygens (including phenoxy) is 2. The Balaban J connectivity index is 1.25. The van der Waals surface area contributed by atoms with E-state index in [0.717, 1.165) is 86.0 Å². The molecule has 1 aliphatic carbocycles. The lowest BCUT2D eigenvalue weighted by Gasteiger charge is -2.32. The minimum absolute atomic E-state index is 0.0849. The summed E-state index contributed by atoms with van der Waals surface area (Å²) < 4.78 is 14.0. The average molecular weight is 580 g/mol. The number of methoxy groups -OCH3 is 1. The molecule has 0 aromatic carbocycles. The molecule has 1 saturated carbocycles. The Morgan fingerprint density at radius 3 is 2.69 bits per heavy atom. The van der Waals surface area contributed by atoms with Gasteiger partial charge in [-0.3, -0.25) is 10.5 Å². The third kappa shape index (κ3) is 7.16. The molecule has 2 aromatic heterocycles. The van der Waals surface area contributed by atoms with E-state index in [1.807, 2.05) is 19.3 Å². The molecule has 12 nitrogen and oxygen atoms in total. The van der Waals surface area contributed by atoms with Gasteiger partial charge >= 0.3 is 0 Å². The van der Waals surface area contributed by atoms with Crippen LogP contribution in [0, 0.1) is 0 Å². The molecule has 0 amide bonds. The maximum absolute atomic E-state index is 9.17. The van der Waals surface area contributed by atoms with Crippen LogP contribution in [-0.4, -0.2) is 65.0 Å². The largest absolute Gasteiger partial charge is 0.497 e. The Morgan fingerprint density at radius 1 is 1.17 bits per heavy atom. The van der Waals surface area contributed by atoms with Gasteiger partial charge in [0.1, 0.15) is 17.7 Å². The Labute approximate surface area is 248 Å². The summed E-state index contributed by atoms with van der Waals surface area (Å²) in [6, 6.07) is 2.46. The van der Waals surface area contributed by atoms with E-state index in [1.165, 1.54) is 19.3 Å². The van der Waals surface area contributed by atoms with E-state index in [0.29, 0.717) is 31.1 Å². The number of piperidine rings is 1. The van der Waals surface area contributed by atoms with Crippen molar-refractivity contribution in [2.75, 3.05) is 42.6 Å². The van der Waals surface area contributed by atoms with Crippen LogP contribution in [0.3, 0.4) is 0 Å². The number of rotatable bonds is 13. The first-order valence-corrected chi connectivity index (χ1v) is 15.1. The monoisotopic (exact) mass is 579 g/mol. The van der Waals surface area contributed by atoms with E-state index in [-0.39, 0.29) is 6.10 Å². The number of pyridine rings is 1. The van der Waals surface area contributed by atoms with Crippen molar-refractivity contribution in [3.63, 3.8) is 0 Å². The highest BCUT2D eigenvalue weighted by atomic mass is 16.5. The molecule has 1 saturated heterocycles. The molecule has 2 aliphatic heterocycles. The van der Waals surface area contributed by atoms with Crippen molar-refractivity contribution in [2.24, 2.45) is 12.0 Å². The number of nitrogens with one attached hydrogen (secondary N) is 4. The SMILES string of the molecule is C=Cc1c(NCNCc2cnc(NO)n2C)cc(N2CCCCC2)nc1OC1CCC(NC2=C(OC)CCC=N2)CC1. The van der Waals surface area contributed by atoms with Gasteiger partial charge in [0.2, 0.25) is 11.8 Å². The second kappa shape index (κ2) is 14.4. The van der Waals surface area contributed by atoms with Gasteiger partial charge in [-0.25, -0.2) is 15.5 Å². The van der Waals surface area contributed by atoms with E-state index >= 15 is 0 Å². The van der Waals surface area contributed by atoms with Crippen LogP contribution >= 0.6 is 0 Å². The molecule has 2 fully saturated rings. The van der Waals surface area contributed by atoms with Gasteiger partial charge in [-0.15, -0.1) is 0 Å². The van der Waals surface area contributed by atoms with E-state index in [4.69, 9.17) is 14.5 Å². The molecule has 228 valence electrons. The van der Waals surface area contributed by atoms with Crippen LogP contribution in [0.1, 0.15) is 69.0 Å². The lowest BCUT2D eigenvalue weighted by atomic mass is 9.93. The van der Waals surface area contributed by atoms with Gasteiger partial charge in [0.05, 0.1) is 36.9 Å². The van der Waals surface area contributed by atoms with Crippen molar-refractivity contribution in [3.8, 4) is 5.88 Å². The fraction of sp³-hybridized carbons (Fsp3) is 0.567. The molecule has 0 unspecified atom stereocenters. The normalized spacial score (nSPS) is 20.8. The van der Waals surface area contributed by atoms with Gasteiger partial charge in [-0.1, -0.05) is 12.7 Å². The first-order chi connectivity index (χ1) is 20.6. The lowest BCUT2D eigenvalue weighted by molar-refractivity contribution is 0.135. The Kier molecular flexibility index (Phi) is 10.2. The predicted molar refractivity (Wildman–Crippen MR) is 166 cm³/mol. The van der Waals surface area contributed by atoms with Crippen molar-refractivity contribution in [3.05, 3.63) is 41.7 Å². The van der Waals surface area contributed by atoms with Gasteiger partial charge in [0.15, 0.2) is 5.82 Å². The van der Waals surface area contributed by atoms with Crippen molar-refractivity contribution in [1.29, 1.82) is 0 Å². The topological polar surface area (TPSA) is 133 Å². The molecule has 12 heteroatoms. The summed E-state index contributed by atoms with van der Waals surface area (Å²) in [4.78, 5) is 16.1. The van der Waals surface area contributed by atoms with Crippen LogP contribution in [0.2, 0.25) is 0 Å². The number of imidazole rings is 1. The molecule has 0 bridgehead atoms. The summed E-state index contributed by atoms with van der Waals surface area (Å²) in [6.45, 7) is 7.21. The van der Waals surface area contributed by atoms with Crippen LogP contribution in [0.5, 0.6) is 5.88 Å². The van der Waals surface area contributed by atoms with E-state index in [1.54, 1.807) is 17.9 Å². The zero-order valence-corrected chi connectivity index (χ0v) is 24.9. The first-order valence-electron chi connectivity index (χ1n) is 15.1. The number of allylic oxidation sites excluding steroid dienone is 1. The molecule has 0 spiro atoms. The summed E-state index contributed by atoms with van der Waals surface area (Å²) in [6.07, 6.45) is 14.9. The van der Waals surface area contributed by atoms with Crippen LogP contribution in [0.4, 0.5) is 17.5 Å². The highest BCUT2D eigenvalue weighted by Crippen LogP contribution is 2.34. The summed E-state index contributed by atoms with van der Waals surface area (Å²) in [7, 11) is 3.57. The number of hydrogen-bond acceptors (Lipinski definition) is 11. The summed E-state index contributed by atoms with van der Waals surface area (Å²) in [5.41, 5.74) is 4.86. The molecule has 0 atom stereocenters. The minimum Gasteiger partial charge on any atom is -0.497 e. The van der Waals surface area contributed by atoms with E-state index < -0.39 is 0 Å². The summed E-state index contributed by atoms with van der Waals surface area (Å²) >= 11 is 0. The molecule has 2 aromatic rings. The van der Waals surface area contributed by atoms with Crippen molar-refractivity contribution < 1.29 is 14.7 Å². The van der Waals surface area contributed by atoms with Crippen LogP contribution in [0.15, 0.2) is 35.4 Å². The van der Waals surface area contributed by atoms with Gasteiger partial charge in [-0.2, -0.15) is 4.98 Å². The molecule has 3 aliphatic rings. The predicted octanol–water partition coefficient (Wildman–Crippen LogP) is 4.37. The van der Waals surface area contributed by atoms with Crippen LogP contribution in [0.25, 0.3) is 6.08 Å². The average Bonchev–Trinajstić information content (AvgIpc) is 3.39. The maximum Gasteiger partial charge on any atom is 0.227 e. The number of nitrogens with zero attached hydrogens (tertiary/aromatic N) is 5. The Bertz CT molecular complexity index is 1260. The fourth-order valence-corrected chi connectivity index (χ4v) is 5.83. The molecule has 5 rings (SSSR count). The third-order valence-electron chi connectivity index (χ3n) is 8.31. The quantitative estimate of drug-likeness (QED) is 0.132. The Hall–Kier alpha value is -3.77. The maximum atomic E-state index is 9.17. The van der Waals surface area contributed by atoms with Crippen molar-refractivity contribution in [2.45, 2.75) is 76.5 Å². The smallest absolute Gasteiger partial charge is 0.227 e. The molecular weight excluding hydrogens is 534 g/mol.